The molecule has 1 fully saturated rings. The van der Waals surface area contributed by atoms with Crippen LogP contribution in [0, 0.1) is 0 Å². The molecule has 0 bridgehead atoms. The summed E-state index contributed by atoms with van der Waals surface area (Å²) >= 11 is 0. The minimum Gasteiger partial charge on any atom is -0.497 e. The van der Waals surface area contributed by atoms with Crippen molar-refractivity contribution in [3.8, 4) is 17.2 Å². The zero-order valence-electron chi connectivity index (χ0n) is 23.4. The predicted octanol–water partition coefficient (Wildman–Crippen LogP) is 3.10. The molecular weight excluding hydrogens is 530 g/mol. The Labute approximate surface area is 238 Å². The Hall–Kier alpha value is -4.51. The number of nitrogens with zero attached hydrogens (tertiary/aromatic N) is 1. The fourth-order valence-electron chi connectivity index (χ4n) is 4.62. The van der Waals surface area contributed by atoms with E-state index in [2.05, 4.69) is 10.6 Å². The highest BCUT2D eigenvalue weighted by molar-refractivity contribution is 5.95. The van der Waals surface area contributed by atoms with E-state index in [-0.39, 0.29) is 25.0 Å². The number of methoxy groups -OCH3 is 3. The fraction of sp³-hybridized carbons (Fsp3) is 0.367. The van der Waals surface area contributed by atoms with Crippen LogP contribution in [0.15, 0.2) is 65.3 Å². The first kappa shape index (κ1) is 29.5. The number of rotatable bonds is 13. The first-order valence-electron chi connectivity index (χ1n) is 13.3. The number of hydrogen-bond donors (Lipinski definition) is 2. The summed E-state index contributed by atoms with van der Waals surface area (Å²) in [7, 11) is 4.58. The Morgan fingerprint density at radius 1 is 0.976 bits per heavy atom. The topological polar surface area (TPSA) is 129 Å². The van der Waals surface area contributed by atoms with Crippen LogP contribution in [0.3, 0.4) is 0 Å². The second kappa shape index (κ2) is 14.2. The van der Waals surface area contributed by atoms with Crippen molar-refractivity contribution in [3.63, 3.8) is 0 Å². The standard InChI is InChI=1S/C30H35N3O8/c1-37-22-11-8-20(9-12-22)19-33(27(34)18-32-29(35)25-7-5-15-41-25)28(30(36)31-17-23-6-4-14-40-23)21-10-13-24(38-2)26(16-21)39-3/h5,7-13,15-16,23,28H,4,6,14,17-19H2,1-3H3,(H,31,36)(H,32,35)/t23-,28-/m1/s1. The van der Waals surface area contributed by atoms with Gasteiger partial charge in [-0.15, -0.1) is 0 Å². The van der Waals surface area contributed by atoms with E-state index < -0.39 is 23.8 Å². The first-order chi connectivity index (χ1) is 19.9. The van der Waals surface area contributed by atoms with Gasteiger partial charge < -0.3 is 38.9 Å². The molecule has 11 heteroatoms. The van der Waals surface area contributed by atoms with Crippen LogP contribution in [0.5, 0.6) is 17.2 Å². The summed E-state index contributed by atoms with van der Waals surface area (Å²) in [5.41, 5.74) is 1.26. The first-order valence-corrected chi connectivity index (χ1v) is 13.3. The molecular formula is C30H35N3O8. The van der Waals surface area contributed by atoms with Gasteiger partial charge in [-0.1, -0.05) is 18.2 Å². The van der Waals surface area contributed by atoms with Crippen molar-refractivity contribution in [2.45, 2.75) is 31.5 Å². The lowest BCUT2D eigenvalue weighted by Gasteiger charge is -2.32. The van der Waals surface area contributed by atoms with E-state index in [1.54, 1.807) is 43.5 Å². The second-order valence-corrected chi connectivity index (χ2v) is 9.43. The SMILES string of the molecule is COc1ccc(CN(C(=O)CNC(=O)c2ccco2)[C@@H](C(=O)NC[C@H]2CCCO2)c2ccc(OC)c(OC)c2)cc1. The van der Waals surface area contributed by atoms with E-state index in [0.29, 0.717) is 36.0 Å². The molecule has 1 aliphatic rings. The highest BCUT2D eigenvalue weighted by atomic mass is 16.5. The van der Waals surface area contributed by atoms with Crippen molar-refractivity contribution in [2.75, 3.05) is 41.0 Å². The summed E-state index contributed by atoms with van der Waals surface area (Å²) in [6.07, 6.45) is 3.05. The Kier molecular flexibility index (Phi) is 10.2. The highest BCUT2D eigenvalue weighted by Gasteiger charge is 2.33. The molecule has 0 saturated carbocycles. The van der Waals surface area contributed by atoms with Gasteiger partial charge in [-0.05, 0) is 60.4 Å². The zero-order chi connectivity index (χ0) is 29.2. The van der Waals surface area contributed by atoms with Crippen LogP contribution in [0.1, 0.15) is 40.6 Å². The minimum absolute atomic E-state index is 0.0743. The summed E-state index contributed by atoms with van der Waals surface area (Å²) in [5, 5.41) is 5.56. The maximum Gasteiger partial charge on any atom is 0.287 e. The number of benzene rings is 2. The molecule has 3 amide bonds. The molecule has 1 aliphatic heterocycles. The van der Waals surface area contributed by atoms with Crippen LogP contribution in [0.4, 0.5) is 0 Å². The average Bonchev–Trinajstić information content (AvgIpc) is 3.74. The molecule has 0 aliphatic carbocycles. The van der Waals surface area contributed by atoms with Gasteiger partial charge in [-0.2, -0.15) is 0 Å². The third-order valence-corrected chi connectivity index (χ3v) is 6.79. The molecule has 2 aromatic carbocycles. The number of carbonyl (C=O) groups excluding carboxylic acids is 3. The zero-order valence-corrected chi connectivity index (χ0v) is 23.4. The Morgan fingerprint density at radius 2 is 1.76 bits per heavy atom. The van der Waals surface area contributed by atoms with Crippen molar-refractivity contribution in [1.82, 2.24) is 15.5 Å². The molecule has 218 valence electrons. The van der Waals surface area contributed by atoms with Gasteiger partial charge in [-0.3, -0.25) is 14.4 Å². The molecule has 3 aromatic rings. The van der Waals surface area contributed by atoms with E-state index >= 15 is 0 Å². The van der Waals surface area contributed by atoms with Crippen LogP contribution in [-0.4, -0.2) is 69.8 Å². The molecule has 4 rings (SSSR count). The number of nitrogens with one attached hydrogen (secondary N) is 2. The van der Waals surface area contributed by atoms with Gasteiger partial charge in [0, 0.05) is 19.7 Å². The molecule has 0 unspecified atom stereocenters. The van der Waals surface area contributed by atoms with E-state index in [4.69, 9.17) is 23.4 Å². The number of hydrogen-bond acceptors (Lipinski definition) is 8. The van der Waals surface area contributed by atoms with Gasteiger partial charge in [0.25, 0.3) is 5.91 Å². The molecule has 2 heterocycles. The molecule has 41 heavy (non-hydrogen) atoms. The van der Waals surface area contributed by atoms with Crippen LogP contribution < -0.4 is 24.8 Å². The highest BCUT2D eigenvalue weighted by Crippen LogP contribution is 2.33. The lowest BCUT2D eigenvalue weighted by Crippen LogP contribution is -2.48. The van der Waals surface area contributed by atoms with Gasteiger partial charge in [0.1, 0.15) is 11.8 Å². The largest absolute Gasteiger partial charge is 0.497 e. The van der Waals surface area contributed by atoms with E-state index in [1.807, 2.05) is 12.1 Å². The third-order valence-electron chi connectivity index (χ3n) is 6.79. The van der Waals surface area contributed by atoms with Gasteiger partial charge >= 0.3 is 0 Å². The molecule has 2 atom stereocenters. The van der Waals surface area contributed by atoms with Crippen LogP contribution in [0.25, 0.3) is 0 Å². The number of carbonyl (C=O) groups is 3. The Morgan fingerprint density at radius 3 is 2.39 bits per heavy atom. The van der Waals surface area contributed by atoms with Crippen molar-refractivity contribution in [2.24, 2.45) is 0 Å². The lowest BCUT2D eigenvalue weighted by molar-refractivity contribution is -0.141. The monoisotopic (exact) mass is 565 g/mol. The van der Waals surface area contributed by atoms with Crippen molar-refractivity contribution in [3.05, 3.63) is 77.7 Å². The van der Waals surface area contributed by atoms with Gasteiger partial charge in [0.2, 0.25) is 11.8 Å². The summed E-state index contributed by atoms with van der Waals surface area (Å²) in [6, 6.07) is 14.3. The van der Waals surface area contributed by atoms with E-state index in [9.17, 15) is 14.4 Å². The van der Waals surface area contributed by atoms with E-state index in [1.165, 1.54) is 31.4 Å². The van der Waals surface area contributed by atoms with Crippen molar-refractivity contribution < 1.29 is 37.7 Å². The summed E-state index contributed by atoms with van der Waals surface area (Å²) in [6.45, 7) is 0.670. The smallest absolute Gasteiger partial charge is 0.287 e. The fourth-order valence-corrected chi connectivity index (χ4v) is 4.62. The molecule has 1 saturated heterocycles. The average molecular weight is 566 g/mol. The quantitative estimate of drug-likeness (QED) is 0.324. The maximum absolute atomic E-state index is 13.9. The molecule has 1 aromatic heterocycles. The summed E-state index contributed by atoms with van der Waals surface area (Å²) in [5.74, 6) is 0.199. The van der Waals surface area contributed by atoms with Crippen molar-refractivity contribution >= 4 is 17.7 Å². The minimum atomic E-state index is -1.06. The normalized spacial score (nSPS) is 15.0. The number of amides is 3. The van der Waals surface area contributed by atoms with Crippen LogP contribution in [0.2, 0.25) is 0 Å². The molecule has 0 spiro atoms. The van der Waals surface area contributed by atoms with Crippen LogP contribution >= 0.6 is 0 Å². The third kappa shape index (κ3) is 7.57. The van der Waals surface area contributed by atoms with E-state index in [0.717, 1.165) is 18.4 Å². The number of ether oxygens (including phenoxy) is 4. The maximum atomic E-state index is 13.9. The molecule has 2 N–H and O–H groups in total. The summed E-state index contributed by atoms with van der Waals surface area (Å²) < 4.78 is 27.0. The molecule has 11 nitrogen and oxygen atoms in total. The van der Waals surface area contributed by atoms with Gasteiger partial charge in [-0.25, -0.2) is 0 Å². The second-order valence-electron chi connectivity index (χ2n) is 9.43. The molecule has 0 radical (unpaired) electrons. The lowest BCUT2D eigenvalue weighted by atomic mass is 10.0. The summed E-state index contributed by atoms with van der Waals surface area (Å²) in [4.78, 5) is 41.6. The van der Waals surface area contributed by atoms with Gasteiger partial charge in [0.05, 0.1) is 40.2 Å². The number of furan rings is 1. The Balaban J connectivity index is 1.68. The van der Waals surface area contributed by atoms with Gasteiger partial charge in [0.15, 0.2) is 17.3 Å². The van der Waals surface area contributed by atoms with Crippen molar-refractivity contribution in [1.29, 1.82) is 0 Å². The van der Waals surface area contributed by atoms with Crippen LogP contribution in [-0.2, 0) is 20.9 Å². The Bertz CT molecular complexity index is 1300. The predicted molar refractivity (Wildman–Crippen MR) is 149 cm³/mol.